The molecule has 1 aliphatic heterocycles. The van der Waals surface area contributed by atoms with Crippen molar-refractivity contribution in [2.75, 3.05) is 6.54 Å². The number of amides is 1. The van der Waals surface area contributed by atoms with Gasteiger partial charge in [-0.25, -0.2) is 5.84 Å². The Labute approximate surface area is 137 Å². The standard InChI is InChI=1S/C18H17F3N2O/c19-18(20,21)15-8-6-14(7-9-15)17(10-11-23(22)16(17)24)12-13-4-2-1-3-5-13/h1-9H,10-12,22H2/t17-/m1/s1. The molecular weight excluding hydrogens is 317 g/mol. The lowest BCUT2D eigenvalue weighted by molar-refractivity contribution is -0.137. The lowest BCUT2D eigenvalue weighted by Gasteiger charge is -2.28. The zero-order valence-electron chi connectivity index (χ0n) is 12.9. The summed E-state index contributed by atoms with van der Waals surface area (Å²) in [4.78, 5) is 12.7. The van der Waals surface area contributed by atoms with Crippen molar-refractivity contribution in [3.05, 3.63) is 71.3 Å². The first kappa shape index (κ1) is 16.5. The zero-order chi connectivity index (χ0) is 17.4. The number of alkyl halides is 3. The third-order valence-corrected chi connectivity index (χ3v) is 4.56. The average Bonchev–Trinajstić information content (AvgIpc) is 2.85. The Morgan fingerprint density at radius 2 is 1.67 bits per heavy atom. The minimum absolute atomic E-state index is 0.258. The van der Waals surface area contributed by atoms with Crippen LogP contribution in [0.15, 0.2) is 54.6 Å². The van der Waals surface area contributed by atoms with Crippen LogP contribution in [-0.2, 0) is 22.8 Å². The van der Waals surface area contributed by atoms with Gasteiger partial charge in [0.1, 0.15) is 0 Å². The zero-order valence-corrected chi connectivity index (χ0v) is 12.9. The Morgan fingerprint density at radius 1 is 1.04 bits per heavy atom. The van der Waals surface area contributed by atoms with Crippen LogP contribution in [0.5, 0.6) is 0 Å². The summed E-state index contributed by atoms with van der Waals surface area (Å²) in [5, 5.41) is 1.15. The van der Waals surface area contributed by atoms with Gasteiger partial charge in [0, 0.05) is 6.54 Å². The second-order valence-corrected chi connectivity index (χ2v) is 6.07. The summed E-state index contributed by atoms with van der Waals surface area (Å²) in [6.07, 6.45) is -3.51. The fourth-order valence-electron chi connectivity index (χ4n) is 3.25. The number of hydrazine groups is 1. The molecule has 0 unspecified atom stereocenters. The molecule has 1 heterocycles. The van der Waals surface area contributed by atoms with Gasteiger partial charge >= 0.3 is 6.18 Å². The molecule has 0 bridgehead atoms. The molecule has 6 heteroatoms. The topological polar surface area (TPSA) is 46.3 Å². The van der Waals surface area contributed by atoms with Crippen LogP contribution in [0.3, 0.4) is 0 Å². The number of benzene rings is 2. The SMILES string of the molecule is NN1CC[C@@](Cc2ccccc2)(c2ccc(C(F)(F)F)cc2)C1=O. The predicted molar refractivity (Wildman–Crippen MR) is 83.8 cm³/mol. The molecule has 1 amide bonds. The highest BCUT2D eigenvalue weighted by Crippen LogP contribution is 2.39. The normalized spacial score (nSPS) is 21.3. The summed E-state index contributed by atoms with van der Waals surface area (Å²) >= 11 is 0. The minimum atomic E-state index is -4.40. The average molecular weight is 334 g/mol. The van der Waals surface area contributed by atoms with E-state index in [-0.39, 0.29) is 5.91 Å². The van der Waals surface area contributed by atoms with Crippen LogP contribution in [0.2, 0.25) is 0 Å². The Kier molecular flexibility index (Phi) is 4.09. The highest BCUT2D eigenvalue weighted by Gasteiger charge is 2.47. The fourth-order valence-corrected chi connectivity index (χ4v) is 3.25. The van der Waals surface area contributed by atoms with Crippen LogP contribution in [0.4, 0.5) is 13.2 Å². The van der Waals surface area contributed by atoms with Crippen LogP contribution in [0, 0.1) is 0 Å². The number of halogens is 3. The maximum absolute atomic E-state index is 12.8. The lowest BCUT2D eigenvalue weighted by atomic mass is 9.74. The number of carbonyl (C=O) groups excluding carboxylic acids is 1. The Bertz CT molecular complexity index is 728. The van der Waals surface area contributed by atoms with Crippen LogP contribution >= 0.6 is 0 Å². The van der Waals surface area contributed by atoms with Gasteiger partial charge in [-0.2, -0.15) is 13.2 Å². The van der Waals surface area contributed by atoms with Crippen LogP contribution < -0.4 is 5.84 Å². The van der Waals surface area contributed by atoms with Gasteiger partial charge in [-0.05, 0) is 36.1 Å². The van der Waals surface area contributed by atoms with E-state index in [4.69, 9.17) is 5.84 Å². The second kappa shape index (κ2) is 5.94. The predicted octanol–water partition coefficient (Wildman–Crippen LogP) is 3.29. The highest BCUT2D eigenvalue weighted by atomic mass is 19.4. The molecule has 1 saturated heterocycles. The molecule has 1 fully saturated rings. The van der Waals surface area contributed by atoms with Crippen LogP contribution in [-0.4, -0.2) is 17.5 Å². The van der Waals surface area contributed by atoms with Gasteiger partial charge in [0.25, 0.3) is 0 Å². The molecule has 0 aliphatic carbocycles. The molecule has 24 heavy (non-hydrogen) atoms. The Hall–Kier alpha value is -2.34. The summed E-state index contributed by atoms with van der Waals surface area (Å²) in [7, 11) is 0. The van der Waals surface area contributed by atoms with Crippen molar-refractivity contribution in [1.82, 2.24) is 5.01 Å². The molecule has 3 rings (SSSR count). The largest absolute Gasteiger partial charge is 0.416 e. The third-order valence-electron chi connectivity index (χ3n) is 4.56. The van der Waals surface area contributed by atoms with E-state index >= 15 is 0 Å². The molecule has 0 saturated carbocycles. The Balaban J connectivity index is 2.01. The highest BCUT2D eigenvalue weighted by molar-refractivity contribution is 5.90. The van der Waals surface area contributed by atoms with Gasteiger partial charge in [0.2, 0.25) is 5.91 Å². The van der Waals surface area contributed by atoms with Crippen molar-refractivity contribution in [3.63, 3.8) is 0 Å². The van der Waals surface area contributed by atoms with E-state index in [1.807, 2.05) is 30.3 Å². The molecule has 1 atom stereocenters. The molecular formula is C18H17F3N2O. The van der Waals surface area contributed by atoms with Crippen molar-refractivity contribution in [2.45, 2.75) is 24.4 Å². The van der Waals surface area contributed by atoms with E-state index in [0.717, 1.165) is 22.7 Å². The quantitative estimate of drug-likeness (QED) is 0.692. The summed E-state index contributed by atoms with van der Waals surface area (Å²) < 4.78 is 38.3. The van der Waals surface area contributed by atoms with Crippen molar-refractivity contribution >= 4 is 5.91 Å². The van der Waals surface area contributed by atoms with E-state index in [1.54, 1.807) is 0 Å². The molecule has 2 N–H and O–H groups in total. The first-order chi connectivity index (χ1) is 11.3. The lowest BCUT2D eigenvalue weighted by Crippen LogP contribution is -2.42. The van der Waals surface area contributed by atoms with E-state index in [9.17, 15) is 18.0 Å². The van der Waals surface area contributed by atoms with Gasteiger partial charge in [-0.15, -0.1) is 0 Å². The van der Waals surface area contributed by atoms with E-state index in [0.29, 0.717) is 24.9 Å². The number of nitrogens with two attached hydrogens (primary N) is 1. The van der Waals surface area contributed by atoms with Gasteiger partial charge < -0.3 is 0 Å². The smallest absolute Gasteiger partial charge is 0.280 e. The van der Waals surface area contributed by atoms with Crippen molar-refractivity contribution in [3.8, 4) is 0 Å². The molecule has 3 nitrogen and oxygen atoms in total. The van der Waals surface area contributed by atoms with Crippen LogP contribution in [0.1, 0.15) is 23.1 Å². The van der Waals surface area contributed by atoms with E-state index < -0.39 is 17.2 Å². The monoisotopic (exact) mass is 334 g/mol. The van der Waals surface area contributed by atoms with Crippen molar-refractivity contribution in [1.29, 1.82) is 0 Å². The maximum atomic E-state index is 12.8. The maximum Gasteiger partial charge on any atom is 0.416 e. The molecule has 0 spiro atoms. The fraction of sp³-hybridized carbons (Fsp3) is 0.278. The Morgan fingerprint density at radius 3 is 2.17 bits per heavy atom. The summed E-state index contributed by atoms with van der Waals surface area (Å²) in [6.45, 7) is 0.382. The summed E-state index contributed by atoms with van der Waals surface area (Å²) in [6, 6.07) is 14.2. The molecule has 126 valence electrons. The van der Waals surface area contributed by atoms with Crippen molar-refractivity contribution in [2.24, 2.45) is 5.84 Å². The number of hydrogen-bond acceptors (Lipinski definition) is 2. The first-order valence-corrected chi connectivity index (χ1v) is 7.61. The number of rotatable bonds is 3. The van der Waals surface area contributed by atoms with Gasteiger partial charge in [0.05, 0.1) is 11.0 Å². The summed E-state index contributed by atoms with van der Waals surface area (Å²) in [5.74, 6) is 5.49. The molecule has 0 aromatic heterocycles. The van der Waals surface area contributed by atoms with E-state index in [2.05, 4.69) is 0 Å². The van der Waals surface area contributed by atoms with Gasteiger partial charge in [0.15, 0.2) is 0 Å². The number of nitrogens with zero attached hydrogens (tertiary/aromatic N) is 1. The van der Waals surface area contributed by atoms with Crippen LogP contribution in [0.25, 0.3) is 0 Å². The molecule has 2 aromatic carbocycles. The van der Waals surface area contributed by atoms with Gasteiger partial charge in [-0.1, -0.05) is 42.5 Å². The third kappa shape index (κ3) is 2.89. The minimum Gasteiger partial charge on any atom is -0.280 e. The number of hydrogen-bond donors (Lipinski definition) is 1. The molecule has 2 aromatic rings. The number of carbonyl (C=O) groups is 1. The molecule has 1 aliphatic rings. The summed E-state index contributed by atoms with van der Waals surface area (Å²) in [5.41, 5.74) is -0.130. The van der Waals surface area contributed by atoms with Gasteiger partial charge in [-0.3, -0.25) is 9.80 Å². The van der Waals surface area contributed by atoms with Crippen molar-refractivity contribution < 1.29 is 18.0 Å². The second-order valence-electron chi connectivity index (χ2n) is 6.07. The molecule has 0 radical (unpaired) electrons. The van der Waals surface area contributed by atoms with E-state index in [1.165, 1.54) is 12.1 Å². The first-order valence-electron chi connectivity index (χ1n) is 7.61.